The Bertz CT molecular complexity index is 853. The van der Waals surface area contributed by atoms with E-state index in [1.165, 1.54) is 35.9 Å². The maximum atomic E-state index is 12.7. The largest absolute Gasteiger partial charge is 0.360 e. The normalized spacial score (nSPS) is 15.7. The molecule has 0 amide bonds. The maximum absolute atomic E-state index is 12.7. The SMILES string of the molecule is C[C@H](Sc1nnc(NC2CC2)s1)C(=O)c1c[nH]c2ccccc12. The lowest BCUT2D eigenvalue weighted by atomic mass is 10.1. The molecule has 1 aromatic carbocycles. The molecule has 1 saturated carbocycles. The molecule has 3 aromatic rings. The average Bonchev–Trinajstić information content (AvgIpc) is 3.09. The van der Waals surface area contributed by atoms with Gasteiger partial charge in [0.15, 0.2) is 10.1 Å². The van der Waals surface area contributed by atoms with Gasteiger partial charge in [0.1, 0.15) is 0 Å². The van der Waals surface area contributed by atoms with Crippen molar-refractivity contribution in [1.82, 2.24) is 15.2 Å². The van der Waals surface area contributed by atoms with Crippen LogP contribution in [0.1, 0.15) is 30.1 Å². The van der Waals surface area contributed by atoms with Gasteiger partial charge in [0.25, 0.3) is 0 Å². The first-order chi connectivity index (χ1) is 11.2. The lowest BCUT2D eigenvalue weighted by Gasteiger charge is -2.06. The standard InChI is InChI=1S/C16H16N4OS2/c1-9(22-16-20-19-15(23-16)18-10-6-7-10)14(21)12-8-17-13-5-3-2-4-11(12)13/h2-5,8-10,17H,6-7H2,1H3,(H,18,19)/t9-/m0/s1. The number of nitrogens with zero attached hydrogens (tertiary/aromatic N) is 2. The molecule has 2 heterocycles. The van der Waals surface area contributed by atoms with Gasteiger partial charge in [-0.1, -0.05) is 41.3 Å². The van der Waals surface area contributed by atoms with Crippen LogP contribution in [0.15, 0.2) is 34.8 Å². The first kappa shape index (κ1) is 14.7. The number of carbonyl (C=O) groups is 1. The molecule has 0 spiro atoms. The van der Waals surface area contributed by atoms with Crippen molar-refractivity contribution in [3.8, 4) is 0 Å². The summed E-state index contributed by atoms with van der Waals surface area (Å²) in [5.74, 6) is 0.111. The van der Waals surface area contributed by atoms with E-state index in [4.69, 9.17) is 0 Å². The van der Waals surface area contributed by atoms with E-state index in [0.29, 0.717) is 6.04 Å². The highest BCUT2D eigenvalue weighted by Crippen LogP contribution is 2.33. The number of Topliss-reactive ketones (excluding diaryl/α,β-unsaturated/α-hetero) is 1. The first-order valence-electron chi connectivity index (χ1n) is 7.58. The van der Waals surface area contributed by atoms with E-state index in [2.05, 4.69) is 20.5 Å². The van der Waals surface area contributed by atoms with Crippen molar-refractivity contribution < 1.29 is 4.79 Å². The van der Waals surface area contributed by atoms with Crippen LogP contribution >= 0.6 is 23.1 Å². The van der Waals surface area contributed by atoms with Gasteiger partial charge in [-0.2, -0.15) is 0 Å². The number of fused-ring (bicyclic) bond motifs is 1. The first-order valence-corrected chi connectivity index (χ1v) is 9.27. The molecule has 1 aliphatic rings. The molecule has 0 bridgehead atoms. The Morgan fingerprint density at radius 3 is 3.04 bits per heavy atom. The van der Waals surface area contributed by atoms with Gasteiger partial charge < -0.3 is 10.3 Å². The lowest BCUT2D eigenvalue weighted by molar-refractivity contribution is 0.0995. The third kappa shape index (κ3) is 3.11. The highest BCUT2D eigenvalue weighted by Gasteiger charge is 2.24. The smallest absolute Gasteiger partial charge is 0.206 e. The Balaban J connectivity index is 1.48. The molecule has 1 aliphatic carbocycles. The van der Waals surface area contributed by atoms with Gasteiger partial charge in [0.05, 0.1) is 5.25 Å². The van der Waals surface area contributed by atoms with E-state index in [1.54, 1.807) is 6.20 Å². The van der Waals surface area contributed by atoms with Crippen molar-refractivity contribution in [2.24, 2.45) is 0 Å². The number of rotatable bonds is 6. The summed E-state index contributed by atoms with van der Waals surface area (Å²) >= 11 is 2.99. The van der Waals surface area contributed by atoms with Gasteiger partial charge in [-0.3, -0.25) is 4.79 Å². The number of aromatic amines is 1. The number of thioether (sulfide) groups is 1. The summed E-state index contributed by atoms with van der Waals surface area (Å²) in [5.41, 5.74) is 1.72. The van der Waals surface area contributed by atoms with Gasteiger partial charge in [-0.05, 0) is 25.8 Å². The Morgan fingerprint density at radius 1 is 1.39 bits per heavy atom. The summed E-state index contributed by atoms with van der Waals surface area (Å²) in [6.07, 6.45) is 4.21. The van der Waals surface area contributed by atoms with Crippen LogP contribution in [0.2, 0.25) is 0 Å². The number of anilines is 1. The van der Waals surface area contributed by atoms with Crippen LogP contribution in [0.25, 0.3) is 10.9 Å². The molecule has 0 aliphatic heterocycles. The molecule has 1 atom stereocenters. The average molecular weight is 344 g/mol. The van der Waals surface area contributed by atoms with Crippen molar-refractivity contribution >= 4 is 44.9 Å². The van der Waals surface area contributed by atoms with Gasteiger partial charge >= 0.3 is 0 Å². The predicted octanol–water partition coefficient (Wildman–Crippen LogP) is 3.96. The number of nitrogens with one attached hydrogen (secondary N) is 2. The van der Waals surface area contributed by atoms with Crippen LogP contribution in [0.5, 0.6) is 0 Å². The van der Waals surface area contributed by atoms with Gasteiger partial charge in [0, 0.05) is 28.7 Å². The van der Waals surface area contributed by atoms with Crippen LogP contribution in [0.4, 0.5) is 5.13 Å². The molecule has 1 fully saturated rings. The molecule has 5 nitrogen and oxygen atoms in total. The summed E-state index contributed by atoms with van der Waals surface area (Å²) in [4.78, 5) is 15.9. The van der Waals surface area contributed by atoms with Crippen LogP contribution in [0.3, 0.4) is 0 Å². The second-order valence-corrected chi connectivity index (χ2v) is 8.23. The fourth-order valence-electron chi connectivity index (χ4n) is 2.42. The molecule has 0 radical (unpaired) electrons. The van der Waals surface area contributed by atoms with Crippen LogP contribution < -0.4 is 5.32 Å². The lowest BCUT2D eigenvalue weighted by Crippen LogP contribution is -2.12. The van der Waals surface area contributed by atoms with E-state index in [9.17, 15) is 4.79 Å². The van der Waals surface area contributed by atoms with Gasteiger partial charge in [0.2, 0.25) is 5.13 Å². The summed E-state index contributed by atoms with van der Waals surface area (Å²) in [6, 6.07) is 8.42. The predicted molar refractivity (Wildman–Crippen MR) is 94.5 cm³/mol. The van der Waals surface area contributed by atoms with Gasteiger partial charge in [-0.15, -0.1) is 10.2 Å². The second-order valence-electron chi connectivity index (χ2n) is 5.66. The third-order valence-electron chi connectivity index (χ3n) is 3.81. The minimum atomic E-state index is -0.198. The van der Waals surface area contributed by atoms with E-state index in [-0.39, 0.29) is 11.0 Å². The fourth-order valence-corrected chi connectivity index (χ4v) is 4.46. The molecule has 0 unspecified atom stereocenters. The highest BCUT2D eigenvalue weighted by molar-refractivity contribution is 8.02. The van der Waals surface area contributed by atoms with Crippen molar-refractivity contribution in [2.45, 2.75) is 35.4 Å². The Kier molecular flexibility index (Phi) is 3.82. The molecule has 118 valence electrons. The number of para-hydroxylation sites is 1. The highest BCUT2D eigenvalue weighted by atomic mass is 32.2. The second kappa shape index (κ2) is 5.98. The van der Waals surface area contributed by atoms with Crippen LogP contribution in [-0.4, -0.2) is 32.3 Å². The molecular weight excluding hydrogens is 328 g/mol. The monoisotopic (exact) mass is 344 g/mol. The van der Waals surface area contributed by atoms with E-state index >= 15 is 0 Å². The van der Waals surface area contributed by atoms with Crippen molar-refractivity contribution in [2.75, 3.05) is 5.32 Å². The summed E-state index contributed by atoms with van der Waals surface area (Å²) in [6.45, 7) is 1.92. The van der Waals surface area contributed by atoms with Crippen LogP contribution in [0, 0.1) is 0 Å². The number of H-pyrrole nitrogens is 1. The number of benzene rings is 1. The van der Waals surface area contributed by atoms with E-state index in [1.807, 2.05) is 31.2 Å². The Hall–Kier alpha value is -1.86. The van der Waals surface area contributed by atoms with Gasteiger partial charge in [-0.25, -0.2) is 0 Å². The number of hydrogen-bond acceptors (Lipinski definition) is 6. The molecule has 23 heavy (non-hydrogen) atoms. The van der Waals surface area contributed by atoms with E-state index in [0.717, 1.165) is 25.9 Å². The quantitative estimate of drug-likeness (QED) is 0.523. The Morgan fingerprint density at radius 2 is 2.22 bits per heavy atom. The zero-order chi connectivity index (χ0) is 15.8. The number of ketones is 1. The molecule has 2 aromatic heterocycles. The molecule has 2 N–H and O–H groups in total. The third-order valence-corrected chi connectivity index (χ3v) is 5.85. The number of aromatic nitrogens is 3. The van der Waals surface area contributed by atoms with Crippen molar-refractivity contribution in [1.29, 1.82) is 0 Å². The minimum absolute atomic E-state index is 0.111. The van der Waals surface area contributed by atoms with Crippen molar-refractivity contribution in [3.05, 3.63) is 36.0 Å². The maximum Gasteiger partial charge on any atom is 0.206 e. The number of carbonyl (C=O) groups excluding carboxylic acids is 1. The molecule has 0 saturated heterocycles. The topological polar surface area (TPSA) is 70.7 Å². The fraction of sp³-hybridized carbons (Fsp3) is 0.312. The molecule has 4 rings (SSSR count). The summed E-state index contributed by atoms with van der Waals surface area (Å²) in [7, 11) is 0. The molecular formula is C16H16N4OS2. The zero-order valence-electron chi connectivity index (χ0n) is 12.6. The minimum Gasteiger partial charge on any atom is -0.360 e. The Labute approximate surface area is 141 Å². The van der Waals surface area contributed by atoms with Crippen LogP contribution in [-0.2, 0) is 0 Å². The summed E-state index contributed by atoms with van der Waals surface area (Å²) in [5, 5.41) is 13.3. The van der Waals surface area contributed by atoms with E-state index < -0.39 is 0 Å². The number of hydrogen-bond donors (Lipinski definition) is 2. The summed E-state index contributed by atoms with van der Waals surface area (Å²) < 4.78 is 0.828. The zero-order valence-corrected chi connectivity index (χ0v) is 14.2. The van der Waals surface area contributed by atoms with Crippen molar-refractivity contribution in [3.63, 3.8) is 0 Å². The molecule has 7 heteroatoms.